The Morgan fingerprint density at radius 3 is 2.70 bits per heavy atom. The molecular formula is C21H20F3N3O3. The largest absolute Gasteiger partial charge is 0.490 e. The van der Waals surface area contributed by atoms with Gasteiger partial charge in [-0.05, 0) is 43.0 Å². The van der Waals surface area contributed by atoms with Crippen molar-refractivity contribution in [3.8, 4) is 16.9 Å². The first-order valence-corrected chi connectivity index (χ1v) is 9.76. The first-order valence-electron chi connectivity index (χ1n) is 9.76. The third-order valence-electron chi connectivity index (χ3n) is 6.25. The standard InChI is InChI=1S/C21H20F3N3O3/c22-21(23,24)13-5-12(8-26-9-13)11-1-3-17-15(6-11)20(10-29-19(25)27-20)16-7-14(28)2-4-18(16)30-17/h1,3,5-6,8-9,14,16,18,28H,2,4,7,10H2,(H2,25,27). The maximum absolute atomic E-state index is 13.1. The van der Waals surface area contributed by atoms with Gasteiger partial charge in [0.05, 0.1) is 11.7 Å². The monoisotopic (exact) mass is 419 g/mol. The zero-order chi connectivity index (χ0) is 21.1. The van der Waals surface area contributed by atoms with Crippen LogP contribution in [0.1, 0.15) is 30.4 Å². The van der Waals surface area contributed by atoms with Gasteiger partial charge in [0, 0.05) is 29.4 Å². The average Bonchev–Trinajstić information content (AvgIpc) is 3.11. The molecular weight excluding hydrogens is 399 g/mol. The number of ether oxygens (including phenoxy) is 2. The van der Waals surface area contributed by atoms with Crippen LogP contribution in [-0.2, 0) is 16.5 Å². The summed E-state index contributed by atoms with van der Waals surface area (Å²) in [5.41, 5.74) is 5.81. The number of hydrogen-bond donors (Lipinski definition) is 2. The minimum atomic E-state index is -4.48. The lowest BCUT2D eigenvalue weighted by Crippen LogP contribution is -2.51. The van der Waals surface area contributed by atoms with Crippen LogP contribution in [0.4, 0.5) is 13.2 Å². The van der Waals surface area contributed by atoms with E-state index in [9.17, 15) is 18.3 Å². The molecule has 5 rings (SSSR count). The van der Waals surface area contributed by atoms with Gasteiger partial charge in [-0.1, -0.05) is 6.07 Å². The van der Waals surface area contributed by atoms with Crippen molar-refractivity contribution in [2.24, 2.45) is 16.6 Å². The highest BCUT2D eigenvalue weighted by atomic mass is 19.4. The van der Waals surface area contributed by atoms with Crippen molar-refractivity contribution < 1.29 is 27.8 Å². The molecule has 1 fully saturated rings. The molecule has 0 bridgehead atoms. The molecule has 6 nitrogen and oxygen atoms in total. The van der Waals surface area contributed by atoms with Gasteiger partial charge in [0.25, 0.3) is 6.02 Å². The lowest BCUT2D eigenvalue weighted by molar-refractivity contribution is -0.137. The molecule has 0 saturated heterocycles. The number of halogens is 3. The quantitative estimate of drug-likeness (QED) is 0.741. The molecule has 9 heteroatoms. The van der Waals surface area contributed by atoms with Crippen LogP contribution >= 0.6 is 0 Å². The van der Waals surface area contributed by atoms with E-state index in [4.69, 9.17) is 15.2 Å². The predicted molar refractivity (Wildman–Crippen MR) is 102 cm³/mol. The SMILES string of the molecule is NC1=NC2(CO1)c1cc(-c3cncc(C(F)(F)F)c3)ccc1OC1CCC(O)CC12. The number of nitrogens with zero attached hydrogens (tertiary/aromatic N) is 2. The van der Waals surface area contributed by atoms with Crippen LogP contribution in [0.3, 0.4) is 0 Å². The number of aliphatic hydroxyl groups excluding tert-OH is 1. The summed E-state index contributed by atoms with van der Waals surface area (Å²) < 4.78 is 51.1. The Hall–Kier alpha value is -2.81. The van der Waals surface area contributed by atoms with Crippen LogP contribution in [-0.4, -0.2) is 34.9 Å². The molecule has 2 aromatic rings. The molecule has 30 heavy (non-hydrogen) atoms. The van der Waals surface area contributed by atoms with Crippen molar-refractivity contribution >= 4 is 6.02 Å². The summed E-state index contributed by atoms with van der Waals surface area (Å²) in [5, 5.41) is 10.3. The fraction of sp³-hybridized carbons (Fsp3) is 0.429. The molecule has 3 aliphatic rings. The average molecular weight is 419 g/mol. The van der Waals surface area contributed by atoms with E-state index >= 15 is 0 Å². The molecule has 3 heterocycles. The molecule has 1 saturated carbocycles. The van der Waals surface area contributed by atoms with Crippen molar-refractivity contribution in [3.05, 3.63) is 47.8 Å². The summed E-state index contributed by atoms with van der Waals surface area (Å²) in [6.07, 6.45) is -1.09. The van der Waals surface area contributed by atoms with Crippen molar-refractivity contribution in [2.45, 2.75) is 43.2 Å². The second-order valence-corrected chi connectivity index (χ2v) is 8.06. The summed E-state index contributed by atoms with van der Waals surface area (Å²) in [5.74, 6) is 0.461. The molecule has 0 radical (unpaired) electrons. The number of hydrogen-bond acceptors (Lipinski definition) is 6. The van der Waals surface area contributed by atoms with E-state index in [1.54, 1.807) is 18.2 Å². The molecule has 0 amide bonds. The van der Waals surface area contributed by atoms with E-state index in [0.717, 1.165) is 12.3 Å². The van der Waals surface area contributed by atoms with Gasteiger partial charge in [-0.2, -0.15) is 13.2 Å². The number of aromatic nitrogens is 1. The number of aliphatic hydroxyl groups is 1. The van der Waals surface area contributed by atoms with Crippen LogP contribution in [0.15, 0.2) is 41.7 Å². The van der Waals surface area contributed by atoms with Crippen molar-refractivity contribution in [1.82, 2.24) is 4.98 Å². The molecule has 158 valence electrons. The number of benzene rings is 1. The highest BCUT2D eigenvalue weighted by molar-refractivity contribution is 5.75. The Bertz CT molecular complexity index is 1030. The van der Waals surface area contributed by atoms with Crippen molar-refractivity contribution in [1.29, 1.82) is 0 Å². The highest BCUT2D eigenvalue weighted by Crippen LogP contribution is 2.53. The zero-order valence-electron chi connectivity index (χ0n) is 15.9. The molecule has 4 unspecified atom stereocenters. The van der Waals surface area contributed by atoms with Gasteiger partial charge in [-0.3, -0.25) is 4.98 Å². The minimum Gasteiger partial charge on any atom is -0.490 e. The summed E-state index contributed by atoms with van der Waals surface area (Å²) in [6, 6.07) is 6.37. The normalized spacial score (nSPS) is 30.1. The van der Waals surface area contributed by atoms with E-state index in [2.05, 4.69) is 9.98 Å². The predicted octanol–water partition coefficient (Wildman–Crippen LogP) is 3.23. The van der Waals surface area contributed by atoms with E-state index < -0.39 is 23.4 Å². The molecule has 2 aliphatic heterocycles. The van der Waals surface area contributed by atoms with Gasteiger partial charge in [-0.15, -0.1) is 0 Å². The number of aliphatic imine (C=N–C) groups is 1. The van der Waals surface area contributed by atoms with Crippen LogP contribution in [0, 0.1) is 5.92 Å². The van der Waals surface area contributed by atoms with E-state index in [1.165, 1.54) is 6.20 Å². The topological polar surface area (TPSA) is 90.0 Å². The number of nitrogens with two attached hydrogens (primary N) is 1. The van der Waals surface area contributed by atoms with Crippen LogP contribution in [0.5, 0.6) is 5.75 Å². The molecule has 1 aromatic carbocycles. The summed E-state index contributed by atoms with van der Waals surface area (Å²) in [7, 11) is 0. The Balaban J connectivity index is 1.63. The highest BCUT2D eigenvalue weighted by Gasteiger charge is 2.55. The van der Waals surface area contributed by atoms with Gasteiger partial charge in [-0.25, -0.2) is 4.99 Å². The van der Waals surface area contributed by atoms with Gasteiger partial charge < -0.3 is 20.3 Å². The van der Waals surface area contributed by atoms with E-state index in [0.29, 0.717) is 41.7 Å². The molecule has 1 aromatic heterocycles. The number of pyridine rings is 1. The van der Waals surface area contributed by atoms with Crippen LogP contribution in [0.2, 0.25) is 0 Å². The number of rotatable bonds is 1. The second kappa shape index (κ2) is 6.60. The molecule has 1 spiro atoms. The van der Waals surface area contributed by atoms with E-state index in [1.807, 2.05) is 0 Å². The fourth-order valence-corrected chi connectivity index (χ4v) is 4.80. The smallest absolute Gasteiger partial charge is 0.417 e. The molecule has 3 N–H and O–H groups in total. The second-order valence-electron chi connectivity index (χ2n) is 8.06. The van der Waals surface area contributed by atoms with Crippen molar-refractivity contribution in [3.63, 3.8) is 0 Å². The Morgan fingerprint density at radius 1 is 1.13 bits per heavy atom. The fourth-order valence-electron chi connectivity index (χ4n) is 4.80. The summed E-state index contributed by atoms with van der Waals surface area (Å²) in [4.78, 5) is 8.38. The van der Waals surface area contributed by atoms with E-state index in [-0.39, 0.29) is 24.7 Å². The minimum absolute atomic E-state index is 0.0628. The maximum atomic E-state index is 13.1. The molecule has 4 atom stereocenters. The van der Waals surface area contributed by atoms with Gasteiger partial charge in [0.1, 0.15) is 24.0 Å². The van der Waals surface area contributed by atoms with Gasteiger partial charge in [0.15, 0.2) is 0 Å². The first kappa shape index (κ1) is 19.2. The van der Waals surface area contributed by atoms with Crippen LogP contribution < -0.4 is 10.5 Å². The van der Waals surface area contributed by atoms with Crippen molar-refractivity contribution in [2.75, 3.05) is 6.61 Å². The number of fused-ring (bicyclic) bond motifs is 4. The maximum Gasteiger partial charge on any atom is 0.417 e. The lowest BCUT2D eigenvalue weighted by atomic mass is 9.67. The third kappa shape index (κ3) is 2.99. The lowest BCUT2D eigenvalue weighted by Gasteiger charge is -2.47. The number of alkyl halides is 3. The Labute approximate surface area is 170 Å². The van der Waals surface area contributed by atoms with Gasteiger partial charge in [0.2, 0.25) is 0 Å². The zero-order valence-corrected chi connectivity index (χ0v) is 15.9. The third-order valence-corrected chi connectivity index (χ3v) is 6.25. The summed E-state index contributed by atoms with van der Waals surface area (Å²) in [6.45, 7) is 0.202. The molecule has 1 aliphatic carbocycles. The van der Waals surface area contributed by atoms with Crippen LogP contribution in [0.25, 0.3) is 11.1 Å². The van der Waals surface area contributed by atoms with Gasteiger partial charge >= 0.3 is 6.18 Å². The Kier molecular flexibility index (Phi) is 4.22. The Morgan fingerprint density at radius 2 is 1.97 bits per heavy atom. The number of amidine groups is 1. The summed E-state index contributed by atoms with van der Waals surface area (Å²) >= 11 is 0. The first-order chi connectivity index (χ1) is 14.3.